The molecule has 0 saturated carbocycles. The minimum Gasteiger partial charge on any atom is -0.492 e. The number of carbonyl (C=O) groups excluding carboxylic acids is 1. The molecule has 3 N–H and O–H groups in total. The van der Waals surface area contributed by atoms with Gasteiger partial charge in [-0.1, -0.05) is 39.4 Å². The molecule has 3 aromatic rings. The van der Waals surface area contributed by atoms with Crippen LogP contribution < -0.4 is 15.8 Å². The van der Waals surface area contributed by atoms with Crippen LogP contribution >= 0.6 is 27.3 Å². The molecule has 146 valence electrons. The highest BCUT2D eigenvalue weighted by molar-refractivity contribution is 9.10. The molecule has 0 radical (unpaired) electrons. The average molecular weight is 461 g/mol. The van der Waals surface area contributed by atoms with Gasteiger partial charge in [-0.2, -0.15) is 0 Å². The third kappa shape index (κ3) is 5.31. The molecule has 0 atom stereocenters. The number of nitrogen functional groups attached to an aromatic ring is 1. The normalized spacial score (nSPS) is 10.9. The molecule has 1 aromatic heterocycles. The van der Waals surface area contributed by atoms with Crippen LogP contribution in [0, 0.1) is 0 Å². The van der Waals surface area contributed by atoms with Gasteiger partial charge < -0.3 is 20.7 Å². The molecule has 0 saturated heterocycles. The van der Waals surface area contributed by atoms with Gasteiger partial charge in [-0.05, 0) is 50.5 Å². The van der Waals surface area contributed by atoms with Gasteiger partial charge in [0.1, 0.15) is 23.1 Å². The van der Waals surface area contributed by atoms with Crippen LogP contribution in [0.15, 0.2) is 53.0 Å². The van der Waals surface area contributed by atoms with Crippen molar-refractivity contribution in [2.24, 2.45) is 0 Å². The van der Waals surface area contributed by atoms with Gasteiger partial charge in [-0.15, -0.1) is 0 Å². The van der Waals surface area contributed by atoms with Crippen LogP contribution in [0.1, 0.15) is 15.2 Å². The molecule has 0 spiro atoms. The highest BCUT2D eigenvalue weighted by Crippen LogP contribution is 2.30. The van der Waals surface area contributed by atoms with Crippen LogP contribution in [0.3, 0.4) is 0 Å². The van der Waals surface area contributed by atoms with Crippen molar-refractivity contribution in [3.8, 4) is 5.75 Å². The van der Waals surface area contributed by atoms with Crippen LogP contribution in [0.25, 0.3) is 0 Å². The zero-order valence-electron chi connectivity index (χ0n) is 15.6. The highest BCUT2D eigenvalue weighted by atomic mass is 79.9. The number of ketones is 1. The number of carbonyl (C=O) groups is 1. The minimum atomic E-state index is -0.144. The van der Waals surface area contributed by atoms with Crippen molar-refractivity contribution in [2.75, 3.05) is 38.3 Å². The fourth-order valence-corrected chi connectivity index (χ4v) is 3.68. The van der Waals surface area contributed by atoms with Gasteiger partial charge in [-0.3, -0.25) is 4.79 Å². The maximum atomic E-state index is 12.7. The molecule has 2 aromatic carbocycles. The first-order valence-electron chi connectivity index (χ1n) is 8.63. The molecule has 3 rings (SSSR count). The molecular formula is C20H21BrN4O2S. The van der Waals surface area contributed by atoms with E-state index in [4.69, 9.17) is 10.5 Å². The number of benzene rings is 2. The van der Waals surface area contributed by atoms with Gasteiger partial charge in [0.15, 0.2) is 5.13 Å². The molecule has 0 amide bonds. The first-order valence-corrected chi connectivity index (χ1v) is 10.2. The Morgan fingerprint density at radius 1 is 1.25 bits per heavy atom. The second-order valence-corrected chi connectivity index (χ2v) is 8.29. The number of hydrogen-bond donors (Lipinski definition) is 2. The second-order valence-electron chi connectivity index (χ2n) is 6.37. The average Bonchev–Trinajstić information content (AvgIpc) is 3.02. The quantitative estimate of drug-likeness (QED) is 0.484. The number of rotatable bonds is 8. The fourth-order valence-electron chi connectivity index (χ4n) is 2.41. The molecular weight excluding hydrogens is 440 g/mol. The van der Waals surface area contributed by atoms with Gasteiger partial charge in [0.25, 0.3) is 0 Å². The van der Waals surface area contributed by atoms with Gasteiger partial charge in [-0.25, -0.2) is 4.98 Å². The van der Waals surface area contributed by atoms with Gasteiger partial charge in [0.05, 0.1) is 0 Å². The lowest BCUT2D eigenvalue weighted by Crippen LogP contribution is -2.19. The lowest BCUT2D eigenvalue weighted by atomic mass is 10.1. The fraction of sp³-hybridized carbons (Fsp3) is 0.200. The van der Waals surface area contributed by atoms with Gasteiger partial charge in [0, 0.05) is 22.3 Å². The Labute approximate surface area is 176 Å². The number of ether oxygens (including phenoxy) is 1. The van der Waals surface area contributed by atoms with Crippen molar-refractivity contribution in [2.45, 2.75) is 0 Å². The van der Waals surface area contributed by atoms with Crippen LogP contribution in [-0.4, -0.2) is 42.9 Å². The summed E-state index contributed by atoms with van der Waals surface area (Å²) in [5.74, 6) is 0.881. The van der Waals surface area contributed by atoms with Crippen molar-refractivity contribution >= 4 is 49.7 Å². The zero-order chi connectivity index (χ0) is 20.1. The van der Waals surface area contributed by atoms with Crippen molar-refractivity contribution < 1.29 is 9.53 Å². The van der Waals surface area contributed by atoms with Crippen LogP contribution in [0.4, 0.5) is 16.6 Å². The van der Waals surface area contributed by atoms with E-state index in [1.165, 1.54) is 11.3 Å². The van der Waals surface area contributed by atoms with E-state index < -0.39 is 0 Å². The van der Waals surface area contributed by atoms with Crippen molar-refractivity contribution in [3.63, 3.8) is 0 Å². The minimum absolute atomic E-state index is 0.144. The van der Waals surface area contributed by atoms with Crippen LogP contribution in [-0.2, 0) is 0 Å². The molecule has 1 heterocycles. The first-order chi connectivity index (χ1) is 13.4. The van der Waals surface area contributed by atoms with Crippen molar-refractivity contribution in [1.29, 1.82) is 0 Å². The molecule has 0 bridgehead atoms. The Hall–Kier alpha value is -2.42. The van der Waals surface area contributed by atoms with E-state index in [1.807, 2.05) is 50.5 Å². The molecule has 0 fully saturated rings. The van der Waals surface area contributed by atoms with E-state index in [9.17, 15) is 4.79 Å². The molecule has 6 nitrogen and oxygen atoms in total. The number of anilines is 3. The summed E-state index contributed by atoms with van der Waals surface area (Å²) >= 11 is 4.61. The highest BCUT2D eigenvalue weighted by Gasteiger charge is 2.18. The maximum absolute atomic E-state index is 12.7. The number of thiazole rings is 1. The monoisotopic (exact) mass is 460 g/mol. The summed E-state index contributed by atoms with van der Waals surface area (Å²) < 4.78 is 6.52. The largest absolute Gasteiger partial charge is 0.492 e. The number of aromatic nitrogens is 1. The molecule has 0 aliphatic carbocycles. The topological polar surface area (TPSA) is 80.5 Å². The van der Waals surface area contributed by atoms with E-state index in [1.54, 1.807) is 12.1 Å². The number of nitrogens with one attached hydrogen (secondary N) is 1. The zero-order valence-corrected chi connectivity index (χ0v) is 18.0. The Bertz CT molecular complexity index is 957. The summed E-state index contributed by atoms with van der Waals surface area (Å²) in [7, 11) is 4.01. The third-order valence-electron chi connectivity index (χ3n) is 3.86. The first kappa shape index (κ1) is 20.3. The van der Waals surface area contributed by atoms with Crippen molar-refractivity contribution in [1.82, 2.24) is 9.88 Å². The number of nitrogens with two attached hydrogens (primary N) is 1. The summed E-state index contributed by atoms with van der Waals surface area (Å²) in [5.41, 5.74) is 7.39. The predicted octanol–water partition coefficient (Wildman–Crippen LogP) is 4.40. The standard InChI is InChI=1S/C20H21BrN4O2S/c1-25(2)10-11-27-16-8-6-15(7-9-16)23-20-24-19(22)18(28-20)17(26)13-4-3-5-14(21)12-13/h3-9,12H,10-11,22H2,1-2H3,(H,23,24). The lowest BCUT2D eigenvalue weighted by Gasteiger charge is -2.11. The van der Waals surface area contributed by atoms with Crippen LogP contribution in [0.5, 0.6) is 5.75 Å². The van der Waals surface area contributed by atoms with Crippen LogP contribution in [0.2, 0.25) is 0 Å². The smallest absolute Gasteiger partial charge is 0.206 e. The number of likely N-dealkylation sites (N-methyl/N-ethyl adjacent to an activating group) is 1. The van der Waals surface area contributed by atoms with Gasteiger partial charge >= 0.3 is 0 Å². The van der Waals surface area contributed by atoms with Crippen molar-refractivity contribution in [3.05, 3.63) is 63.4 Å². The number of halogens is 1. The van der Waals surface area contributed by atoms with E-state index in [0.717, 1.165) is 22.5 Å². The summed E-state index contributed by atoms with van der Waals surface area (Å²) in [6.07, 6.45) is 0. The van der Waals surface area contributed by atoms with E-state index in [-0.39, 0.29) is 11.6 Å². The summed E-state index contributed by atoms with van der Waals surface area (Å²) in [6, 6.07) is 14.8. The Morgan fingerprint density at radius 3 is 2.68 bits per heavy atom. The number of nitrogens with zero attached hydrogens (tertiary/aromatic N) is 2. The third-order valence-corrected chi connectivity index (χ3v) is 5.34. The molecule has 8 heteroatoms. The Morgan fingerprint density at radius 2 is 2.00 bits per heavy atom. The molecule has 0 unspecified atom stereocenters. The van der Waals surface area contributed by atoms with E-state index in [2.05, 4.69) is 31.1 Å². The molecule has 28 heavy (non-hydrogen) atoms. The van der Waals surface area contributed by atoms with E-state index >= 15 is 0 Å². The Balaban J connectivity index is 1.67. The maximum Gasteiger partial charge on any atom is 0.206 e. The second kappa shape index (κ2) is 9.18. The molecule has 0 aliphatic heterocycles. The summed E-state index contributed by atoms with van der Waals surface area (Å²) in [6.45, 7) is 1.48. The Kier molecular flexibility index (Phi) is 6.66. The number of hydrogen-bond acceptors (Lipinski definition) is 7. The van der Waals surface area contributed by atoms with Gasteiger partial charge in [0.2, 0.25) is 5.78 Å². The summed E-state index contributed by atoms with van der Waals surface area (Å²) in [4.78, 5) is 19.5. The van der Waals surface area contributed by atoms with E-state index in [0.29, 0.717) is 22.2 Å². The lowest BCUT2D eigenvalue weighted by molar-refractivity contribution is 0.104. The summed E-state index contributed by atoms with van der Waals surface area (Å²) in [5, 5.41) is 3.75. The molecule has 0 aliphatic rings. The predicted molar refractivity (Wildman–Crippen MR) is 118 cm³/mol. The SMILES string of the molecule is CN(C)CCOc1ccc(Nc2nc(N)c(C(=O)c3cccc(Br)c3)s2)cc1.